The number of benzene rings is 1. The highest BCUT2D eigenvalue weighted by Crippen LogP contribution is 2.26. The molecule has 1 nitrogen and oxygen atoms in total. The van der Waals surface area contributed by atoms with Crippen LogP contribution in [0.5, 0.6) is 0 Å². The second kappa shape index (κ2) is 3.50. The molecule has 1 heterocycles. The van der Waals surface area contributed by atoms with Crippen molar-refractivity contribution < 1.29 is 0 Å². The molecule has 0 aliphatic rings. The van der Waals surface area contributed by atoms with Crippen LogP contribution in [-0.2, 0) is 0 Å². The standard InChI is InChI=1S/C12H12ClN/c1-8-6-12(9(2)14-8)10-4-3-5-11(13)7-10/h3-7,14H,1-2H3. The SMILES string of the molecule is Cc1cc(-c2cccc(Cl)c2)c(C)[nH]1. The van der Waals surface area contributed by atoms with Gasteiger partial charge in [-0.1, -0.05) is 23.7 Å². The lowest BCUT2D eigenvalue weighted by atomic mass is 10.1. The molecule has 0 spiro atoms. The highest BCUT2D eigenvalue weighted by molar-refractivity contribution is 6.30. The Balaban J connectivity index is 2.54. The normalized spacial score (nSPS) is 10.5. The molecule has 72 valence electrons. The molecule has 0 bridgehead atoms. The van der Waals surface area contributed by atoms with Crippen LogP contribution in [0.2, 0.25) is 5.02 Å². The first kappa shape index (κ1) is 9.35. The zero-order valence-electron chi connectivity index (χ0n) is 8.26. The summed E-state index contributed by atoms with van der Waals surface area (Å²) in [6.45, 7) is 4.13. The maximum atomic E-state index is 5.94. The van der Waals surface area contributed by atoms with Gasteiger partial charge < -0.3 is 4.98 Å². The first-order valence-electron chi connectivity index (χ1n) is 4.59. The molecule has 14 heavy (non-hydrogen) atoms. The second-order valence-corrected chi connectivity index (χ2v) is 3.94. The molecule has 0 saturated heterocycles. The lowest BCUT2D eigenvalue weighted by Crippen LogP contribution is -1.78. The van der Waals surface area contributed by atoms with Gasteiger partial charge in [-0.25, -0.2) is 0 Å². The van der Waals surface area contributed by atoms with Crippen molar-refractivity contribution in [2.24, 2.45) is 0 Å². The van der Waals surface area contributed by atoms with Gasteiger partial charge in [0.2, 0.25) is 0 Å². The fraction of sp³-hybridized carbons (Fsp3) is 0.167. The van der Waals surface area contributed by atoms with E-state index >= 15 is 0 Å². The second-order valence-electron chi connectivity index (χ2n) is 3.50. The third-order valence-electron chi connectivity index (χ3n) is 2.29. The smallest absolute Gasteiger partial charge is 0.0412 e. The van der Waals surface area contributed by atoms with Crippen molar-refractivity contribution in [3.63, 3.8) is 0 Å². The molecule has 2 heteroatoms. The summed E-state index contributed by atoms with van der Waals surface area (Å²) in [5, 5.41) is 0.778. The number of halogens is 1. The van der Waals surface area contributed by atoms with Crippen LogP contribution in [0, 0.1) is 13.8 Å². The van der Waals surface area contributed by atoms with Gasteiger partial charge in [0.25, 0.3) is 0 Å². The van der Waals surface area contributed by atoms with E-state index in [1.165, 1.54) is 22.5 Å². The molecule has 0 aliphatic carbocycles. The van der Waals surface area contributed by atoms with Gasteiger partial charge in [0.05, 0.1) is 0 Å². The summed E-state index contributed by atoms with van der Waals surface area (Å²) in [5.41, 5.74) is 4.76. The van der Waals surface area contributed by atoms with E-state index in [1.54, 1.807) is 0 Å². The van der Waals surface area contributed by atoms with Crippen molar-refractivity contribution in [3.05, 3.63) is 46.7 Å². The van der Waals surface area contributed by atoms with Crippen LogP contribution in [-0.4, -0.2) is 4.98 Å². The summed E-state index contributed by atoms with van der Waals surface area (Å²) < 4.78 is 0. The Morgan fingerprint density at radius 1 is 1.14 bits per heavy atom. The lowest BCUT2D eigenvalue weighted by molar-refractivity contribution is 1.19. The molecule has 2 aromatic rings. The van der Waals surface area contributed by atoms with Crippen LogP contribution in [0.25, 0.3) is 11.1 Å². The topological polar surface area (TPSA) is 15.8 Å². The van der Waals surface area contributed by atoms with Crippen LogP contribution in [0.3, 0.4) is 0 Å². The van der Waals surface area contributed by atoms with Gasteiger partial charge in [0.1, 0.15) is 0 Å². The van der Waals surface area contributed by atoms with E-state index in [-0.39, 0.29) is 0 Å². The Morgan fingerprint density at radius 3 is 2.50 bits per heavy atom. The number of hydrogen-bond donors (Lipinski definition) is 1. The number of hydrogen-bond acceptors (Lipinski definition) is 0. The number of aromatic amines is 1. The van der Waals surface area contributed by atoms with Crippen molar-refractivity contribution in [2.45, 2.75) is 13.8 Å². The first-order chi connectivity index (χ1) is 6.66. The summed E-state index contributed by atoms with van der Waals surface area (Å²) in [7, 11) is 0. The molecular formula is C12H12ClN. The molecule has 0 radical (unpaired) electrons. The molecule has 1 aromatic carbocycles. The van der Waals surface area contributed by atoms with Gasteiger partial charge >= 0.3 is 0 Å². The Hall–Kier alpha value is -1.21. The van der Waals surface area contributed by atoms with E-state index in [0.717, 1.165) is 5.02 Å². The van der Waals surface area contributed by atoms with E-state index < -0.39 is 0 Å². The predicted octanol–water partition coefficient (Wildman–Crippen LogP) is 3.95. The zero-order chi connectivity index (χ0) is 10.1. The zero-order valence-corrected chi connectivity index (χ0v) is 9.02. The Morgan fingerprint density at radius 2 is 1.93 bits per heavy atom. The quantitative estimate of drug-likeness (QED) is 0.726. The largest absolute Gasteiger partial charge is 0.362 e. The average Bonchev–Trinajstić information content (AvgIpc) is 2.45. The molecule has 0 saturated carbocycles. The minimum absolute atomic E-state index is 0.778. The van der Waals surface area contributed by atoms with E-state index in [1.807, 2.05) is 18.2 Å². The fourth-order valence-corrected chi connectivity index (χ4v) is 1.87. The number of H-pyrrole nitrogens is 1. The van der Waals surface area contributed by atoms with Crippen LogP contribution in [0.15, 0.2) is 30.3 Å². The summed E-state index contributed by atoms with van der Waals surface area (Å²) in [6, 6.07) is 10.1. The van der Waals surface area contributed by atoms with Gasteiger partial charge in [-0.15, -0.1) is 0 Å². The summed E-state index contributed by atoms with van der Waals surface area (Å²) >= 11 is 5.94. The van der Waals surface area contributed by atoms with Gasteiger partial charge in [-0.3, -0.25) is 0 Å². The predicted molar refractivity (Wildman–Crippen MR) is 60.7 cm³/mol. The maximum Gasteiger partial charge on any atom is 0.0412 e. The lowest BCUT2D eigenvalue weighted by Gasteiger charge is -2.00. The average molecular weight is 206 g/mol. The Kier molecular flexibility index (Phi) is 2.34. The van der Waals surface area contributed by atoms with E-state index in [2.05, 4.69) is 31.0 Å². The van der Waals surface area contributed by atoms with Gasteiger partial charge in [-0.2, -0.15) is 0 Å². The minimum atomic E-state index is 0.778. The molecule has 0 unspecified atom stereocenters. The van der Waals surface area contributed by atoms with E-state index in [9.17, 15) is 0 Å². The Bertz CT molecular complexity index is 457. The molecule has 1 aromatic heterocycles. The van der Waals surface area contributed by atoms with Gasteiger partial charge in [-0.05, 0) is 37.6 Å². The number of rotatable bonds is 1. The molecule has 2 rings (SSSR count). The molecule has 0 atom stereocenters. The summed E-state index contributed by atoms with van der Waals surface area (Å²) in [4.78, 5) is 3.28. The molecule has 0 fully saturated rings. The monoisotopic (exact) mass is 205 g/mol. The molecular weight excluding hydrogens is 194 g/mol. The van der Waals surface area contributed by atoms with Gasteiger partial charge in [0, 0.05) is 22.0 Å². The minimum Gasteiger partial charge on any atom is -0.362 e. The fourth-order valence-electron chi connectivity index (χ4n) is 1.68. The highest BCUT2D eigenvalue weighted by atomic mass is 35.5. The number of aromatic nitrogens is 1. The van der Waals surface area contributed by atoms with Crippen molar-refractivity contribution in [1.82, 2.24) is 4.98 Å². The number of aryl methyl sites for hydroxylation is 2. The molecule has 0 amide bonds. The third kappa shape index (κ3) is 1.68. The van der Waals surface area contributed by atoms with Crippen LogP contribution < -0.4 is 0 Å². The summed E-state index contributed by atoms with van der Waals surface area (Å²) in [6.07, 6.45) is 0. The van der Waals surface area contributed by atoms with Crippen molar-refractivity contribution in [2.75, 3.05) is 0 Å². The molecule has 1 N–H and O–H groups in total. The van der Waals surface area contributed by atoms with Crippen LogP contribution in [0.1, 0.15) is 11.4 Å². The highest BCUT2D eigenvalue weighted by Gasteiger charge is 2.04. The molecule has 0 aliphatic heterocycles. The van der Waals surface area contributed by atoms with Gasteiger partial charge in [0.15, 0.2) is 0 Å². The first-order valence-corrected chi connectivity index (χ1v) is 4.97. The van der Waals surface area contributed by atoms with E-state index in [0.29, 0.717) is 0 Å². The van der Waals surface area contributed by atoms with E-state index in [4.69, 9.17) is 11.6 Å². The van der Waals surface area contributed by atoms with Crippen LogP contribution >= 0.6 is 11.6 Å². The maximum absolute atomic E-state index is 5.94. The number of nitrogens with one attached hydrogen (secondary N) is 1. The van der Waals surface area contributed by atoms with Crippen molar-refractivity contribution >= 4 is 11.6 Å². The van der Waals surface area contributed by atoms with Crippen molar-refractivity contribution in [1.29, 1.82) is 0 Å². The van der Waals surface area contributed by atoms with Crippen LogP contribution in [0.4, 0.5) is 0 Å². The summed E-state index contributed by atoms with van der Waals surface area (Å²) in [5.74, 6) is 0. The van der Waals surface area contributed by atoms with Crippen molar-refractivity contribution in [3.8, 4) is 11.1 Å². The third-order valence-corrected chi connectivity index (χ3v) is 2.52. The Labute approximate surface area is 88.7 Å².